The standard InChI is InChI=1S/C16H27N3O2.BrH/c1-4-5-10-18(13(2)3)11-12-19(16(17)21)14-6-8-15(20)9-7-14;/h6-9,13,20H,4-5,10-12H2,1-3H3,(H2,17,21);1H. The topological polar surface area (TPSA) is 69.8 Å². The smallest absolute Gasteiger partial charge is 0.319 e. The Morgan fingerprint density at radius 2 is 1.77 bits per heavy atom. The van der Waals surface area contributed by atoms with Crippen molar-refractivity contribution in [3.8, 4) is 5.75 Å². The minimum absolute atomic E-state index is 0. The zero-order chi connectivity index (χ0) is 15.8. The van der Waals surface area contributed by atoms with Crippen LogP contribution >= 0.6 is 17.0 Å². The van der Waals surface area contributed by atoms with E-state index in [4.69, 9.17) is 5.73 Å². The number of carbonyl (C=O) groups excluding carboxylic acids is 1. The number of halogens is 1. The summed E-state index contributed by atoms with van der Waals surface area (Å²) < 4.78 is 0. The van der Waals surface area contributed by atoms with Crippen LogP contribution in [0.5, 0.6) is 5.75 Å². The van der Waals surface area contributed by atoms with Gasteiger partial charge in [-0.25, -0.2) is 4.79 Å². The molecule has 2 amide bonds. The lowest BCUT2D eigenvalue weighted by Gasteiger charge is -2.29. The Balaban J connectivity index is 0.00000441. The molecule has 0 saturated carbocycles. The van der Waals surface area contributed by atoms with Crippen molar-refractivity contribution in [3.63, 3.8) is 0 Å². The Bertz CT molecular complexity index is 438. The van der Waals surface area contributed by atoms with Crippen LogP contribution in [0.4, 0.5) is 10.5 Å². The molecule has 0 bridgehead atoms. The number of hydrogen-bond donors (Lipinski definition) is 2. The highest BCUT2D eigenvalue weighted by Gasteiger charge is 2.15. The van der Waals surface area contributed by atoms with Gasteiger partial charge >= 0.3 is 6.03 Å². The molecule has 0 heterocycles. The van der Waals surface area contributed by atoms with Crippen LogP contribution in [0.1, 0.15) is 33.6 Å². The van der Waals surface area contributed by atoms with Crippen LogP contribution in [0, 0.1) is 0 Å². The normalized spacial score (nSPS) is 10.6. The number of rotatable bonds is 8. The van der Waals surface area contributed by atoms with Gasteiger partial charge < -0.3 is 10.8 Å². The molecule has 0 atom stereocenters. The van der Waals surface area contributed by atoms with Crippen molar-refractivity contribution in [2.45, 2.75) is 39.7 Å². The van der Waals surface area contributed by atoms with Gasteiger partial charge in [0.1, 0.15) is 5.75 Å². The molecule has 3 N–H and O–H groups in total. The molecule has 1 aromatic carbocycles. The maximum atomic E-state index is 11.6. The highest BCUT2D eigenvalue weighted by atomic mass is 79.9. The van der Waals surface area contributed by atoms with Gasteiger partial charge in [0.25, 0.3) is 0 Å². The van der Waals surface area contributed by atoms with E-state index in [-0.39, 0.29) is 22.7 Å². The highest BCUT2D eigenvalue weighted by molar-refractivity contribution is 8.93. The number of nitrogens with zero attached hydrogens (tertiary/aromatic N) is 2. The van der Waals surface area contributed by atoms with Crippen LogP contribution in [0.25, 0.3) is 0 Å². The van der Waals surface area contributed by atoms with E-state index in [2.05, 4.69) is 25.7 Å². The van der Waals surface area contributed by atoms with Crippen LogP contribution in [-0.4, -0.2) is 41.7 Å². The average Bonchev–Trinajstić information content (AvgIpc) is 2.43. The van der Waals surface area contributed by atoms with Crippen molar-refractivity contribution in [2.75, 3.05) is 24.5 Å². The van der Waals surface area contributed by atoms with Crippen molar-refractivity contribution in [2.24, 2.45) is 5.73 Å². The third-order valence-corrected chi connectivity index (χ3v) is 3.57. The van der Waals surface area contributed by atoms with Gasteiger partial charge in [-0.15, -0.1) is 17.0 Å². The number of hydrogen-bond acceptors (Lipinski definition) is 3. The first-order valence-electron chi connectivity index (χ1n) is 7.55. The fourth-order valence-electron chi connectivity index (χ4n) is 2.22. The van der Waals surface area contributed by atoms with E-state index in [1.54, 1.807) is 29.2 Å². The second kappa shape index (κ2) is 10.5. The van der Waals surface area contributed by atoms with Gasteiger partial charge in [0.2, 0.25) is 0 Å². The zero-order valence-electron chi connectivity index (χ0n) is 13.7. The monoisotopic (exact) mass is 373 g/mol. The molecule has 0 aliphatic carbocycles. The molecule has 22 heavy (non-hydrogen) atoms. The largest absolute Gasteiger partial charge is 0.508 e. The summed E-state index contributed by atoms with van der Waals surface area (Å²) in [4.78, 5) is 15.5. The second-order valence-corrected chi connectivity index (χ2v) is 5.49. The van der Waals surface area contributed by atoms with Gasteiger partial charge in [0.15, 0.2) is 0 Å². The van der Waals surface area contributed by atoms with Crippen LogP contribution in [-0.2, 0) is 0 Å². The zero-order valence-corrected chi connectivity index (χ0v) is 15.4. The summed E-state index contributed by atoms with van der Waals surface area (Å²) in [5.74, 6) is 0.176. The van der Waals surface area contributed by atoms with Gasteiger partial charge in [-0.1, -0.05) is 13.3 Å². The Kier molecular flexibility index (Phi) is 9.85. The Hall–Kier alpha value is -1.27. The van der Waals surface area contributed by atoms with Crippen molar-refractivity contribution in [1.82, 2.24) is 4.90 Å². The third kappa shape index (κ3) is 6.66. The van der Waals surface area contributed by atoms with Crippen molar-refractivity contribution in [1.29, 1.82) is 0 Å². The molecule has 126 valence electrons. The molecule has 0 spiro atoms. The molecule has 0 aliphatic heterocycles. The van der Waals surface area contributed by atoms with Crippen molar-refractivity contribution >= 4 is 28.7 Å². The molecule has 6 heteroatoms. The summed E-state index contributed by atoms with van der Waals surface area (Å²) in [6, 6.07) is 6.48. The molecule has 0 fully saturated rings. The number of aromatic hydroxyl groups is 1. The lowest BCUT2D eigenvalue weighted by Crippen LogP contribution is -2.43. The Morgan fingerprint density at radius 3 is 2.23 bits per heavy atom. The summed E-state index contributed by atoms with van der Waals surface area (Å²) in [5, 5.41) is 9.32. The maximum Gasteiger partial charge on any atom is 0.319 e. The van der Waals surface area contributed by atoms with Gasteiger partial charge in [0, 0.05) is 24.8 Å². The van der Waals surface area contributed by atoms with Crippen LogP contribution in [0.15, 0.2) is 24.3 Å². The molecule has 0 radical (unpaired) electrons. The lowest BCUT2D eigenvalue weighted by molar-refractivity contribution is 0.220. The lowest BCUT2D eigenvalue weighted by atomic mass is 10.2. The molecule has 0 aromatic heterocycles. The van der Waals surface area contributed by atoms with E-state index >= 15 is 0 Å². The number of unbranched alkanes of at least 4 members (excludes halogenated alkanes) is 1. The summed E-state index contributed by atoms with van der Waals surface area (Å²) in [6.07, 6.45) is 2.30. The van der Waals surface area contributed by atoms with E-state index in [1.807, 2.05) is 0 Å². The second-order valence-electron chi connectivity index (χ2n) is 5.49. The van der Waals surface area contributed by atoms with E-state index in [1.165, 1.54) is 0 Å². The van der Waals surface area contributed by atoms with Crippen LogP contribution in [0.3, 0.4) is 0 Å². The van der Waals surface area contributed by atoms with Gasteiger partial charge in [-0.05, 0) is 51.1 Å². The summed E-state index contributed by atoms with van der Waals surface area (Å²) in [5.41, 5.74) is 6.18. The van der Waals surface area contributed by atoms with E-state index < -0.39 is 6.03 Å². The van der Waals surface area contributed by atoms with Crippen molar-refractivity contribution < 1.29 is 9.90 Å². The predicted molar refractivity (Wildman–Crippen MR) is 97.0 cm³/mol. The number of phenolic OH excluding ortho intramolecular Hbond substituents is 1. The minimum Gasteiger partial charge on any atom is -0.508 e. The van der Waals surface area contributed by atoms with Gasteiger partial charge in [-0.2, -0.15) is 0 Å². The number of urea groups is 1. The van der Waals surface area contributed by atoms with E-state index in [9.17, 15) is 9.90 Å². The molecule has 0 aliphatic rings. The molecular formula is C16H28BrN3O2. The quantitative estimate of drug-likeness (QED) is 0.733. The SMILES string of the molecule is Br.CCCCN(CCN(C(N)=O)c1ccc(O)cc1)C(C)C. The number of phenols is 1. The number of benzene rings is 1. The van der Waals surface area contributed by atoms with Gasteiger partial charge in [-0.3, -0.25) is 9.80 Å². The highest BCUT2D eigenvalue weighted by Crippen LogP contribution is 2.18. The van der Waals surface area contributed by atoms with Crippen LogP contribution < -0.4 is 10.6 Å². The number of amides is 2. The molecule has 5 nitrogen and oxygen atoms in total. The fourth-order valence-corrected chi connectivity index (χ4v) is 2.22. The van der Waals surface area contributed by atoms with E-state index in [0.717, 1.165) is 25.9 Å². The minimum atomic E-state index is -0.472. The summed E-state index contributed by atoms with van der Waals surface area (Å²) >= 11 is 0. The fraction of sp³-hybridized carbons (Fsp3) is 0.562. The third-order valence-electron chi connectivity index (χ3n) is 3.57. The number of primary amides is 1. The first-order valence-corrected chi connectivity index (χ1v) is 7.55. The maximum absolute atomic E-state index is 11.6. The Labute approximate surface area is 143 Å². The molecule has 1 rings (SSSR count). The summed E-state index contributed by atoms with van der Waals surface area (Å²) in [7, 11) is 0. The number of nitrogens with two attached hydrogens (primary N) is 1. The van der Waals surface area contributed by atoms with Gasteiger partial charge in [0.05, 0.1) is 0 Å². The predicted octanol–water partition coefficient (Wildman–Crippen LogP) is 3.37. The molecule has 0 unspecified atom stereocenters. The summed E-state index contributed by atoms with van der Waals surface area (Å²) in [6.45, 7) is 8.83. The number of carbonyl (C=O) groups is 1. The van der Waals surface area contributed by atoms with Crippen LogP contribution in [0.2, 0.25) is 0 Å². The number of anilines is 1. The van der Waals surface area contributed by atoms with E-state index in [0.29, 0.717) is 18.3 Å². The molecule has 0 saturated heterocycles. The first-order chi connectivity index (χ1) is 9.95. The molecule has 1 aromatic rings. The van der Waals surface area contributed by atoms with Crippen molar-refractivity contribution in [3.05, 3.63) is 24.3 Å². The Morgan fingerprint density at radius 1 is 1.18 bits per heavy atom. The molecular weight excluding hydrogens is 346 g/mol. The average molecular weight is 374 g/mol. The first kappa shape index (κ1) is 20.7.